The lowest BCUT2D eigenvalue weighted by Crippen LogP contribution is -2.57. The van der Waals surface area contributed by atoms with E-state index in [2.05, 4.69) is 16.8 Å². The van der Waals surface area contributed by atoms with Gasteiger partial charge >= 0.3 is 0 Å². The average Bonchev–Trinajstić information content (AvgIpc) is 2.78. The molecule has 3 fully saturated rings. The molecule has 2 N–H and O–H groups in total. The number of rotatable bonds is 3. The van der Waals surface area contributed by atoms with Gasteiger partial charge in [-0.15, -0.1) is 0 Å². The van der Waals surface area contributed by atoms with Crippen molar-refractivity contribution in [3.63, 3.8) is 0 Å². The molecule has 3 unspecified atom stereocenters. The van der Waals surface area contributed by atoms with Crippen LogP contribution in [0, 0.1) is 11.8 Å². The van der Waals surface area contributed by atoms with Crippen LogP contribution in [0.2, 0.25) is 0 Å². The fourth-order valence-electron chi connectivity index (χ4n) is 5.32. The summed E-state index contributed by atoms with van der Waals surface area (Å²) in [6.45, 7) is 4.78. The number of likely N-dealkylation sites (tertiary alicyclic amines) is 2. The predicted molar refractivity (Wildman–Crippen MR) is 89.4 cm³/mol. The first-order valence-electron chi connectivity index (χ1n) is 9.44. The lowest BCUT2D eigenvalue weighted by Gasteiger charge is -2.49. The van der Waals surface area contributed by atoms with Crippen LogP contribution in [-0.2, 0) is 0 Å². The molecular formula is C18H35N3. The van der Waals surface area contributed by atoms with Gasteiger partial charge in [0.15, 0.2) is 0 Å². The van der Waals surface area contributed by atoms with E-state index in [4.69, 9.17) is 5.73 Å². The molecule has 3 heteroatoms. The highest BCUT2D eigenvalue weighted by molar-refractivity contribution is 4.93. The topological polar surface area (TPSA) is 32.5 Å². The number of nitrogens with two attached hydrogens (primary N) is 1. The van der Waals surface area contributed by atoms with Crippen LogP contribution in [0.4, 0.5) is 0 Å². The Morgan fingerprint density at radius 1 is 0.952 bits per heavy atom. The van der Waals surface area contributed by atoms with Crippen molar-refractivity contribution in [1.29, 1.82) is 0 Å². The second-order valence-electron chi connectivity index (χ2n) is 7.79. The number of hydrogen-bond donors (Lipinski definition) is 1. The van der Waals surface area contributed by atoms with Crippen molar-refractivity contribution in [3.05, 3.63) is 0 Å². The van der Waals surface area contributed by atoms with Gasteiger partial charge < -0.3 is 10.6 Å². The third-order valence-electron chi connectivity index (χ3n) is 6.53. The fourth-order valence-corrected chi connectivity index (χ4v) is 5.32. The summed E-state index contributed by atoms with van der Waals surface area (Å²) >= 11 is 0. The number of hydrogen-bond acceptors (Lipinski definition) is 3. The van der Waals surface area contributed by atoms with E-state index >= 15 is 0 Å². The Labute approximate surface area is 131 Å². The summed E-state index contributed by atoms with van der Waals surface area (Å²) in [5, 5.41) is 0. The minimum absolute atomic E-state index is 0.663. The smallest absolute Gasteiger partial charge is 0.0246 e. The highest BCUT2D eigenvalue weighted by atomic mass is 15.2. The van der Waals surface area contributed by atoms with Crippen molar-refractivity contribution in [2.75, 3.05) is 33.2 Å². The highest BCUT2D eigenvalue weighted by Crippen LogP contribution is 2.34. The van der Waals surface area contributed by atoms with Crippen molar-refractivity contribution < 1.29 is 0 Å². The maximum Gasteiger partial charge on any atom is 0.0246 e. The molecule has 0 radical (unpaired) electrons. The van der Waals surface area contributed by atoms with Gasteiger partial charge in [-0.3, -0.25) is 4.90 Å². The van der Waals surface area contributed by atoms with Crippen molar-refractivity contribution in [3.8, 4) is 0 Å². The highest BCUT2D eigenvalue weighted by Gasteiger charge is 2.37. The average molecular weight is 293 g/mol. The molecular weight excluding hydrogens is 258 g/mol. The minimum atomic E-state index is 0.663. The quantitative estimate of drug-likeness (QED) is 0.812. The van der Waals surface area contributed by atoms with Crippen LogP contribution in [-0.4, -0.2) is 55.1 Å². The van der Waals surface area contributed by atoms with Crippen LogP contribution in [0.1, 0.15) is 57.8 Å². The first-order chi connectivity index (χ1) is 10.3. The van der Waals surface area contributed by atoms with Crippen molar-refractivity contribution in [2.45, 2.75) is 69.9 Å². The fraction of sp³-hybridized carbons (Fsp3) is 1.00. The molecule has 3 aliphatic rings. The summed E-state index contributed by atoms with van der Waals surface area (Å²) in [4.78, 5) is 5.41. The largest absolute Gasteiger partial charge is 0.329 e. The summed E-state index contributed by atoms with van der Waals surface area (Å²) in [7, 11) is 2.33. The van der Waals surface area contributed by atoms with Crippen LogP contribution in [0.5, 0.6) is 0 Å². The van der Waals surface area contributed by atoms with Gasteiger partial charge in [-0.2, -0.15) is 0 Å². The SMILES string of the molecule is CN1CCCC2CN(C(CN)C3CCCCCC3)CCC21. The summed E-state index contributed by atoms with van der Waals surface area (Å²) in [6.07, 6.45) is 12.8. The summed E-state index contributed by atoms with van der Waals surface area (Å²) in [5.74, 6) is 1.77. The molecule has 1 saturated carbocycles. The van der Waals surface area contributed by atoms with Crippen LogP contribution in [0.15, 0.2) is 0 Å². The van der Waals surface area contributed by atoms with Crippen LogP contribution >= 0.6 is 0 Å². The maximum absolute atomic E-state index is 6.23. The van der Waals surface area contributed by atoms with Crippen LogP contribution < -0.4 is 5.73 Å². The molecule has 2 aliphatic heterocycles. The molecule has 0 aromatic carbocycles. The Kier molecular flexibility index (Phi) is 5.58. The molecule has 1 aliphatic carbocycles. The zero-order chi connectivity index (χ0) is 14.7. The molecule has 122 valence electrons. The van der Waals surface area contributed by atoms with E-state index in [0.717, 1.165) is 24.4 Å². The third-order valence-corrected chi connectivity index (χ3v) is 6.53. The summed E-state index contributed by atoms with van der Waals surface area (Å²) < 4.78 is 0. The van der Waals surface area contributed by atoms with Gasteiger partial charge in [0.25, 0.3) is 0 Å². The number of piperidine rings is 2. The van der Waals surface area contributed by atoms with E-state index in [1.54, 1.807) is 0 Å². The lowest BCUT2D eigenvalue weighted by atomic mass is 9.82. The van der Waals surface area contributed by atoms with Crippen LogP contribution in [0.3, 0.4) is 0 Å². The summed E-state index contributed by atoms with van der Waals surface area (Å²) in [5.41, 5.74) is 6.23. The molecule has 3 rings (SSSR count). The third kappa shape index (κ3) is 3.62. The van der Waals surface area contributed by atoms with E-state index in [1.807, 2.05) is 0 Å². The van der Waals surface area contributed by atoms with Crippen molar-refractivity contribution >= 4 is 0 Å². The van der Waals surface area contributed by atoms with Gasteiger partial charge in [-0.05, 0) is 57.5 Å². The second-order valence-corrected chi connectivity index (χ2v) is 7.79. The number of fused-ring (bicyclic) bond motifs is 1. The van der Waals surface area contributed by atoms with Gasteiger partial charge in [0.2, 0.25) is 0 Å². The molecule has 21 heavy (non-hydrogen) atoms. The second kappa shape index (κ2) is 7.43. The van der Waals surface area contributed by atoms with E-state index in [0.29, 0.717) is 6.04 Å². The normalized spacial score (nSPS) is 35.1. The zero-order valence-electron chi connectivity index (χ0n) is 14.0. The predicted octanol–water partition coefficient (Wildman–Crippen LogP) is 2.70. The van der Waals surface area contributed by atoms with Gasteiger partial charge in [0.05, 0.1) is 0 Å². The van der Waals surface area contributed by atoms with E-state index < -0.39 is 0 Å². The lowest BCUT2D eigenvalue weighted by molar-refractivity contribution is 0.00727. The maximum atomic E-state index is 6.23. The van der Waals surface area contributed by atoms with Crippen LogP contribution in [0.25, 0.3) is 0 Å². The molecule has 3 atom stereocenters. The molecule has 0 bridgehead atoms. The minimum Gasteiger partial charge on any atom is -0.329 e. The Bertz CT molecular complexity index is 312. The molecule has 2 heterocycles. The Morgan fingerprint density at radius 3 is 2.43 bits per heavy atom. The van der Waals surface area contributed by atoms with Gasteiger partial charge in [0.1, 0.15) is 0 Å². The molecule has 0 aromatic heterocycles. The first kappa shape index (κ1) is 15.8. The Morgan fingerprint density at radius 2 is 1.71 bits per heavy atom. The summed E-state index contributed by atoms with van der Waals surface area (Å²) in [6, 6.07) is 1.51. The molecule has 3 nitrogen and oxygen atoms in total. The van der Waals surface area contributed by atoms with Gasteiger partial charge in [-0.25, -0.2) is 0 Å². The first-order valence-corrected chi connectivity index (χ1v) is 9.44. The van der Waals surface area contributed by atoms with Crippen molar-refractivity contribution in [1.82, 2.24) is 9.80 Å². The molecule has 0 amide bonds. The van der Waals surface area contributed by atoms with E-state index in [1.165, 1.54) is 77.4 Å². The number of nitrogens with zero attached hydrogens (tertiary/aromatic N) is 2. The van der Waals surface area contributed by atoms with Gasteiger partial charge in [0, 0.05) is 31.7 Å². The zero-order valence-corrected chi connectivity index (χ0v) is 14.0. The van der Waals surface area contributed by atoms with E-state index in [9.17, 15) is 0 Å². The molecule has 0 spiro atoms. The molecule has 2 saturated heterocycles. The van der Waals surface area contributed by atoms with E-state index in [-0.39, 0.29) is 0 Å². The molecule has 0 aromatic rings. The van der Waals surface area contributed by atoms with Crippen molar-refractivity contribution in [2.24, 2.45) is 17.6 Å². The van der Waals surface area contributed by atoms with Gasteiger partial charge in [-0.1, -0.05) is 25.7 Å². The Balaban J connectivity index is 1.62. The standard InChI is InChI=1S/C18H35N3/c1-20-11-6-9-16-14-21(12-10-17(16)20)18(13-19)15-7-4-2-3-5-8-15/h15-18H,2-14,19H2,1H3. The monoisotopic (exact) mass is 293 g/mol. The Hall–Kier alpha value is -0.120.